The van der Waals surface area contributed by atoms with Gasteiger partial charge in [0.2, 0.25) is 0 Å². The van der Waals surface area contributed by atoms with E-state index in [9.17, 15) is 35.9 Å². The minimum Gasteiger partial charge on any atom is -0.450 e. The van der Waals surface area contributed by atoms with Gasteiger partial charge in [-0.2, -0.15) is 26.3 Å². The molecule has 0 fully saturated rings. The van der Waals surface area contributed by atoms with Crippen molar-refractivity contribution in [2.24, 2.45) is 16.2 Å². The summed E-state index contributed by atoms with van der Waals surface area (Å²) in [5, 5.41) is 0. The number of rotatable bonds is 7. The number of halogens is 6. The molecule has 2 atom stereocenters. The normalized spacial score (nSPS) is 16.9. The van der Waals surface area contributed by atoms with Gasteiger partial charge in [0.15, 0.2) is 6.10 Å². The lowest BCUT2D eigenvalue weighted by molar-refractivity contribution is -0.314. The van der Waals surface area contributed by atoms with E-state index >= 15 is 0 Å². The molecule has 0 aromatic rings. The highest BCUT2D eigenvalue weighted by Gasteiger charge is 2.60. The summed E-state index contributed by atoms with van der Waals surface area (Å²) >= 11 is 0. The van der Waals surface area contributed by atoms with Crippen LogP contribution in [0, 0.1) is 16.2 Å². The van der Waals surface area contributed by atoms with Crippen LogP contribution < -0.4 is 0 Å². The first-order valence-corrected chi connectivity index (χ1v) is 9.13. The van der Waals surface area contributed by atoms with Crippen LogP contribution in [0.1, 0.15) is 68.2 Å². The minimum atomic E-state index is -5.84. The zero-order valence-electron chi connectivity index (χ0n) is 18.0. The smallest absolute Gasteiger partial charge is 0.434 e. The number of carbonyl (C=O) groups excluding carboxylic acids is 2. The molecule has 10 heteroatoms. The van der Waals surface area contributed by atoms with E-state index < -0.39 is 47.3 Å². The molecule has 0 aliphatic carbocycles. The van der Waals surface area contributed by atoms with E-state index in [0.717, 1.165) is 6.92 Å². The highest BCUT2D eigenvalue weighted by molar-refractivity contribution is 5.82. The van der Waals surface area contributed by atoms with E-state index in [1.165, 1.54) is 0 Å². The molecule has 0 aliphatic heterocycles. The molecule has 4 nitrogen and oxygen atoms in total. The second kappa shape index (κ2) is 8.71. The first-order chi connectivity index (χ1) is 12.6. The Kier molecular flexibility index (Phi) is 8.27. The summed E-state index contributed by atoms with van der Waals surface area (Å²) in [6.07, 6.45) is -17.1. The summed E-state index contributed by atoms with van der Waals surface area (Å²) < 4.78 is 84.0. The molecule has 0 aliphatic rings. The standard InChI is InChI=1S/C19H30F6O4/c1-9-16(6,7)17(8,10-15(3,4)5)14(27)28-11(2)12(26)29-13(18(20,21)22)19(23,24)25/h11,13H,9-10H2,1-8H3. The highest BCUT2D eigenvalue weighted by atomic mass is 19.4. The Morgan fingerprint density at radius 3 is 1.55 bits per heavy atom. The molecule has 0 bridgehead atoms. The lowest BCUT2D eigenvalue weighted by Gasteiger charge is -2.45. The fraction of sp³-hybridized carbons (Fsp3) is 0.895. The molecule has 0 saturated heterocycles. The van der Waals surface area contributed by atoms with Crippen LogP contribution >= 0.6 is 0 Å². The van der Waals surface area contributed by atoms with Crippen LogP contribution in [0.4, 0.5) is 26.3 Å². The van der Waals surface area contributed by atoms with E-state index in [2.05, 4.69) is 4.74 Å². The molecule has 172 valence electrons. The number of hydrogen-bond donors (Lipinski definition) is 0. The van der Waals surface area contributed by atoms with Crippen LogP contribution in [0.3, 0.4) is 0 Å². The molecule has 0 aromatic heterocycles. The first-order valence-electron chi connectivity index (χ1n) is 9.13. The second-order valence-corrected chi connectivity index (χ2v) is 9.25. The summed E-state index contributed by atoms with van der Waals surface area (Å²) in [4.78, 5) is 24.7. The Morgan fingerprint density at radius 1 is 0.828 bits per heavy atom. The van der Waals surface area contributed by atoms with Gasteiger partial charge in [-0.25, -0.2) is 4.79 Å². The van der Waals surface area contributed by atoms with Crippen molar-refractivity contribution in [3.8, 4) is 0 Å². The zero-order chi connectivity index (χ0) is 23.6. The van der Waals surface area contributed by atoms with Crippen molar-refractivity contribution in [2.45, 2.75) is 92.8 Å². The minimum absolute atomic E-state index is 0.315. The zero-order valence-corrected chi connectivity index (χ0v) is 18.0. The van der Waals surface area contributed by atoms with Crippen molar-refractivity contribution in [2.75, 3.05) is 0 Å². The Morgan fingerprint density at radius 2 is 1.24 bits per heavy atom. The van der Waals surface area contributed by atoms with Gasteiger partial charge in [0.25, 0.3) is 6.10 Å². The van der Waals surface area contributed by atoms with Gasteiger partial charge in [0.1, 0.15) is 0 Å². The van der Waals surface area contributed by atoms with Crippen LogP contribution in [0.25, 0.3) is 0 Å². The second-order valence-electron chi connectivity index (χ2n) is 9.25. The van der Waals surface area contributed by atoms with Gasteiger partial charge in [-0.1, -0.05) is 41.5 Å². The summed E-state index contributed by atoms with van der Waals surface area (Å²) in [6, 6.07) is 0. The maximum atomic E-state index is 12.9. The Bertz CT molecular complexity index is 575. The lowest BCUT2D eigenvalue weighted by Crippen LogP contribution is -2.49. The molecule has 0 amide bonds. The molecular weight excluding hydrogens is 406 g/mol. The first kappa shape index (κ1) is 27.5. The third-order valence-corrected chi connectivity index (χ3v) is 5.16. The molecule has 29 heavy (non-hydrogen) atoms. The van der Waals surface area contributed by atoms with E-state index in [0.29, 0.717) is 12.8 Å². The van der Waals surface area contributed by atoms with Crippen LogP contribution in [0.5, 0.6) is 0 Å². The monoisotopic (exact) mass is 436 g/mol. The molecule has 0 radical (unpaired) electrons. The van der Waals surface area contributed by atoms with Crippen molar-refractivity contribution < 1.29 is 45.4 Å². The lowest BCUT2D eigenvalue weighted by atomic mass is 9.59. The van der Waals surface area contributed by atoms with E-state index in [-0.39, 0.29) is 5.41 Å². The number of esters is 2. The van der Waals surface area contributed by atoms with Crippen molar-refractivity contribution in [3.05, 3.63) is 0 Å². The fourth-order valence-corrected chi connectivity index (χ4v) is 2.91. The maximum Gasteiger partial charge on any atom is 0.434 e. The summed E-state index contributed by atoms with van der Waals surface area (Å²) in [5.41, 5.74) is -2.12. The Hall–Kier alpha value is -1.48. The summed E-state index contributed by atoms with van der Waals surface area (Å²) in [5.74, 6) is -2.82. The number of carbonyl (C=O) groups is 2. The molecule has 0 spiro atoms. The van der Waals surface area contributed by atoms with Gasteiger partial charge in [-0.3, -0.25) is 4.79 Å². The van der Waals surface area contributed by atoms with Crippen LogP contribution in [0.15, 0.2) is 0 Å². The van der Waals surface area contributed by atoms with Gasteiger partial charge in [-0.05, 0) is 37.5 Å². The average Bonchev–Trinajstić information content (AvgIpc) is 2.47. The van der Waals surface area contributed by atoms with Crippen LogP contribution in [-0.4, -0.2) is 36.5 Å². The number of hydrogen-bond acceptors (Lipinski definition) is 4. The quantitative estimate of drug-likeness (QED) is 0.372. The molecule has 0 saturated carbocycles. The molecule has 0 heterocycles. The van der Waals surface area contributed by atoms with E-state index in [1.807, 2.05) is 27.7 Å². The van der Waals surface area contributed by atoms with Crippen LogP contribution in [-0.2, 0) is 19.1 Å². The third kappa shape index (κ3) is 7.37. The predicted octanol–water partition coefficient (Wildman–Crippen LogP) is 5.83. The third-order valence-electron chi connectivity index (χ3n) is 5.16. The molecule has 0 aromatic carbocycles. The average molecular weight is 436 g/mol. The predicted molar refractivity (Wildman–Crippen MR) is 93.8 cm³/mol. The molecular formula is C19H30F6O4. The van der Waals surface area contributed by atoms with Gasteiger partial charge >= 0.3 is 24.3 Å². The van der Waals surface area contributed by atoms with E-state index in [4.69, 9.17) is 4.74 Å². The number of alkyl halides is 6. The van der Waals surface area contributed by atoms with Crippen LogP contribution in [0.2, 0.25) is 0 Å². The van der Waals surface area contributed by atoms with Crippen molar-refractivity contribution in [1.29, 1.82) is 0 Å². The van der Waals surface area contributed by atoms with Crippen molar-refractivity contribution in [1.82, 2.24) is 0 Å². The highest BCUT2D eigenvalue weighted by Crippen LogP contribution is 2.49. The topological polar surface area (TPSA) is 52.6 Å². The Balaban J connectivity index is 5.60. The fourth-order valence-electron chi connectivity index (χ4n) is 2.91. The maximum absolute atomic E-state index is 12.9. The molecule has 0 rings (SSSR count). The van der Waals surface area contributed by atoms with E-state index in [1.54, 1.807) is 20.8 Å². The largest absolute Gasteiger partial charge is 0.450 e. The summed E-state index contributed by atoms with van der Waals surface area (Å²) in [6.45, 7) is 13.5. The summed E-state index contributed by atoms with van der Waals surface area (Å²) in [7, 11) is 0. The van der Waals surface area contributed by atoms with Gasteiger partial charge in [0.05, 0.1) is 5.41 Å². The Labute approximate surface area is 167 Å². The van der Waals surface area contributed by atoms with Gasteiger partial charge in [0, 0.05) is 0 Å². The van der Waals surface area contributed by atoms with Crippen molar-refractivity contribution in [3.63, 3.8) is 0 Å². The number of ether oxygens (including phenoxy) is 2. The van der Waals surface area contributed by atoms with Gasteiger partial charge in [-0.15, -0.1) is 0 Å². The van der Waals surface area contributed by atoms with Gasteiger partial charge < -0.3 is 9.47 Å². The SMILES string of the molecule is CCC(C)(C)C(C)(CC(C)(C)C)C(=O)OC(C)C(=O)OC(C(F)(F)F)C(F)(F)F. The molecule has 0 N–H and O–H groups in total. The van der Waals surface area contributed by atoms with Crippen molar-refractivity contribution >= 4 is 11.9 Å². The molecule has 2 unspecified atom stereocenters.